The summed E-state index contributed by atoms with van der Waals surface area (Å²) < 4.78 is 11.6. The lowest BCUT2D eigenvalue weighted by Gasteiger charge is -2.28. The fourth-order valence-corrected chi connectivity index (χ4v) is 2.94. The van der Waals surface area contributed by atoms with Crippen LogP contribution in [0.25, 0.3) is 0 Å². The van der Waals surface area contributed by atoms with E-state index in [1.54, 1.807) is 30.4 Å². The standard InChI is InChI=1S/C16H21N5O2S/c1-24-16-13(3-2-4-20-16)22-11-12-23-15-14(18-5-6-19-15)21-9-7-17-8-10-21/h2-6,17H,7-12H2,1H3. The Bertz CT molecular complexity index is 652. The van der Waals surface area contributed by atoms with Crippen LogP contribution in [0.4, 0.5) is 5.82 Å². The molecule has 0 aromatic carbocycles. The first-order valence-corrected chi connectivity index (χ1v) is 9.12. The molecular weight excluding hydrogens is 326 g/mol. The van der Waals surface area contributed by atoms with Crippen molar-refractivity contribution in [2.24, 2.45) is 0 Å². The van der Waals surface area contributed by atoms with Crippen LogP contribution in [-0.4, -0.2) is 60.6 Å². The molecule has 3 rings (SSSR count). The molecule has 128 valence electrons. The first kappa shape index (κ1) is 16.8. The van der Waals surface area contributed by atoms with Crippen LogP contribution in [0, 0.1) is 0 Å². The third kappa shape index (κ3) is 4.27. The van der Waals surface area contributed by atoms with Gasteiger partial charge in [-0.25, -0.2) is 15.0 Å². The van der Waals surface area contributed by atoms with Gasteiger partial charge < -0.3 is 19.7 Å². The topological polar surface area (TPSA) is 72.4 Å². The van der Waals surface area contributed by atoms with Crippen molar-refractivity contribution in [1.29, 1.82) is 0 Å². The smallest absolute Gasteiger partial charge is 0.257 e. The molecule has 0 spiro atoms. The molecule has 3 heterocycles. The number of piperazine rings is 1. The summed E-state index contributed by atoms with van der Waals surface area (Å²) in [4.78, 5) is 15.2. The Morgan fingerprint density at radius 1 is 1.08 bits per heavy atom. The van der Waals surface area contributed by atoms with E-state index >= 15 is 0 Å². The van der Waals surface area contributed by atoms with E-state index in [0.717, 1.165) is 42.8 Å². The Kier molecular flexibility index (Phi) is 6.08. The number of aromatic nitrogens is 3. The van der Waals surface area contributed by atoms with Gasteiger partial charge >= 0.3 is 0 Å². The molecule has 1 aliphatic heterocycles. The van der Waals surface area contributed by atoms with Crippen molar-refractivity contribution in [2.45, 2.75) is 5.03 Å². The second kappa shape index (κ2) is 8.70. The van der Waals surface area contributed by atoms with Crippen molar-refractivity contribution in [1.82, 2.24) is 20.3 Å². The van der Waals surface area contributed by atoms with Gasteiger partial charge in [0.2, 0.25) is 0 Å². The normalized spacial score (nSPS) is 14.5. The minimum Gasteiger partial charge on any atom is -0.487 e. The van der Waals surface area contributed by atoms with Gasteiger partial charge in [0.15, 0.2) is 11.6 Å². The van der Waals surface area contributed by atoms with Gasteiger partial charge in [-0.3, -0.25) is 0 Å². The van der Waals surface area contributed by atoms with E-state index in [2.05, 4.69) is 25.2 Å². The maximum atomic E-state index is 5.80. The first-order valence-electron chi connectivity index (χ1n) is 7.90. The Labute approximate surface area is 145 Å². The summed E-state index contributed by atoms with van der Waals surface area (Å²) in [5.74, 6) is 2.12. The number of thioether (sulfide) groups is 1. The van der Waals surface area contributed by atoms with Crippen LogP contribution < -0.4 is 19.7 Å². The number of hydrogen-bond donors (Lipinski definition) is 1. The third-order valence-corrected chi connectivity index (χ3v) is 4.27. The maximum Gasteiger partial charge on any atom is 0.257 e. The summed E-state index contributed by atoms with van der Waals surface area (Å²) in [5.41, 5.74) is 0. The van der Waals surface area contributed by atoms with Crippen LogP contribution in [-0.2, 0) is 0 Å². The molecule has 7 nitrogen and oxygen atoms in total. The van der Waals surface area contributed by atoms with Gasteiger partial charge in [-0.15, -0.1) is 11.8 Å². The fraction of sp³-hybridized carbons (Fsp3) is 0.438. The molecule has 0 saturated carbocycles. The molecule has 0 bridgehead atoms. The maximum absolute atomic E-state index is 5.80. The highest BCUT2D eigenvalue weighted by atomic mass is 32.2. The largest absolute Gasteiger partial charge is 0.487 e. The Morgan fingerprint density at radius 3 is 2.71 bits per heavy atom. The van der Waals surface area contributed by atoms with E-state index in [9.17, 15) is 0 Å². The minimum absolute atomic E-state index is 0.403. The minimum atomic E-state index is 0.403. The number of nitrogens with one attached hydrogen (secondary N) is 1. The van der Waals surface area contributed by atoms with Crippen LogP contribution >= 0.6 is 11.8 Å². The average Bonchev–Trinajstić information content (AvgIpc) is 2.66. The van der Waals surface area contributed by atoms with E-state index in [-0.39, 0.29) is 0 Å². The summed E-state index contributed by atoms with van der Waals surface area (Å²) in [7, 11) is 0. The molecule has 0 unspecified atom stereocenters. The SMILES string of the molecule is CSc1ncccc1OCCOc1nccnc1N1CCNCC1. The van der Waals surface area contributed by atoms with E-state index in [0.29, 0.717) is 19.1 Å². The van der Waals surface area contributed by atoms with Gasteiger partial charge in [0.05, 0.1) is 0 Å². The molecule has 0 radical (unpaired) electrons. The molecule has 0 atom stereocenters. The van der Waals surface area contributed by atoms with Crippen molar-refractivity contribution in [3.05, 3.63) is 30.7 Å². The summed E-state index contributed by atoms with van der Waals surface area (Å²) >= 11 is 1.56. The van der Waals surface area contributed by atoms with E-state index in [1.165, 1.54) is 0 Å². The van der Waals surface area contributed by atoms with E-state index < -0.39 is 0 Å². The molecule has 1 saturated heterocycles. The molecule has 2 aromatic heterocycles. The lowest BCUT2D eigenvalue weighted by Crippen LogP contribution is -2.44. The zero-order chi connectivity index (χ0) is 16.6. The van der Waals surface area contributed by atoms with Crippen LogP contribution in [0.2, 0.25) is 0 Å². The number of rotatable bonds is 7. The number of ether oxygens (including phenoxy) is 2. The van der Waals surface area contributed by atoms with Crippen molar-refractivity contribution >= 4 is 17.6 Å². The van der Waals surface area contributed by atoms with Crippen molar-refractivity contribution < 1.29 is 9.47 Å². The summed E-state index contributed by atoms with van der Waals surface area (Å²) in [5, 5.41) is 4.20. The zero-order valence-corrected chi connectivity index (χ0v) is 14.5. The van der Waals surface area contributed by atoms with Gasteiger partial charge in [-0.2, -0.15) is 0 Å². The van der Waals surface area contributed by atoms with Crippen molar-refractivity contribution in [3.8, 4) is 11.6 Å². The zero-order valence-electron chi connectivity index (χ0n) is 13.6. The Morgan fingerprint density at radius 2 is 1.88 bits per heavy atom. The van der Waals surface area contributed by atoms with E-state index in [4.69, 9.17) is 9.47 Å². The van der Waals surface area contributed by atoms with Gasteiger partial charge in [0, 0.05) is 44.8 Å². The summed E-state index contributed by atoms with van der Waals surface area (Å²) in [6, 6.07) is 3.77. The number of nitrogens with zero attached hydrogens (tertiary/aromatic N) is 4. The highest BCUT2D eigenvalue weighted by Crippen LogP contribution is 2.25. The summed E-state index contributed by atoms with van der Waals surface area (Å²) in [6.45, 7) is 4.52. The molecular formula is C16H21N5O2S. The van der Waals surface area contributed by atoms with Crippen molar-refractivity contribution in [3.63, 3.8) is 0 Å². The number of anilines is 1. The Balaban J connectivity index is 1.55. The van der Waals surface area contributed by atoms with Gasteiger partial charge in [0.1, 0.15) is 18.2 Å². The molecule has 1 aliphatic rings. The van der Waals surface area contributed by atoms with Crippen LogP contribution in [0.5, 0.6) is 11.6 Å². The van der Waals surface area contributed by atoms with Gasteiger partial charge in [0.25, 0.3) is 5.88 Å². The molecule has 8 heteroatoms. The van der Waals surface area contributed by atoms with Crippen LogP contribution in [0.15, 0.2) is 35.7 Å². The molecule has 1 fully saturated rings. The molecule has 1 N–H and O–H groups in total. The monoisotopic (exact) mass is 347 g/mol. The van der Waals surface area contributed by atoms with E-state index in [1.807, 2.05) is 18.4 Å². The first-order chi connectivity index (χ1) is 11.9. The van der Waals surface area contributed by atoms with Crippen LogP contribution in [0.3, 0.4) is 0 Å². The highest BCUT2D eigenvalue weighted by molar-refractivity contribution is 7.98. The number of hydrogen-bond acceptors (Lipinski definition) is 8. The Hall–Kier alpha value is -2.06. The summed E-state index contributed by atoms with van der Waals surface area (Å²) in [6.07, 6.45) is 7.08. The predicted octanol–water partition coefficient (Wildman–Crippen LogP) is 1.46. The third-order valence-electron chi connectivity index (χ3n) is 3.57. The van der Waals surface area contributed by atoms with Crippen molar-refractivity contribution in [2.75, 3.05) is 50.5 Å². The average molecular weight is 347 g/mol. The van der Waals surface area contributed by atoms with Crippen LogP contribution in [0.1, 0.15) is 0 Å². The molecule has 24 heavy (non-hydrogen) atoms. The second-order valence-electron chi connectivity index (χ2n) is 5.13. The quantitative estimate of drug-likeness (QED) is 0.596. The predicted molar refractivity (Wildman–Crippen MR) is 94.1 cm³/mol. The fourth-order valence-electron chi connectivity index (χ4n) is 2.44. The second-order valence-corrected chi connectivity index (χ2v) is 5.92. The van der Waals surface area contributed by atoms with Gasteiger partial charge in [-0.1, -0.05) is 0 Å². The molecule has 0 aliphatic carbocycles. The number of pyridine rings is 1. The lowest BCUT2D eigenvalue weighted by molar-refractivity contribution is 0.208. The highest BCUT2D eigenvalue weighted by Gasteiger charge is 2.17. The molecule has 2 aromatic rings. The lowest BCUT2D eigenvalue weighted by atomic mass is 10.3. The van der Waals surface area contributed by atoms with Gasteiger partial charge in [-0.05, 0) is 18.4 Å². The molecule has 0 amide bonds.